The van der Waals surface area contributed by atoms with E-state index in [1.165, 1.54) is 6.07 Å². The van der Waals surface area contributed by atoms with E-state index < -0.39 is 5.92 Å². The number of halogens is 1. The second-order valence-corrected chi connectivity index (χ2v) is 6.67. The van der Waals surface area contributed by atoms with E-state index in [0.717, 1.165) is 5.56 Å². The number of likely N-dealkylation sites (tertiary alicyclic amines) is 1. The topological polar surface area (TPSA) is 67.9 Å². The first kappa shape index (κ1) is 17.3. The third-order valence-corrected chi connectivity index (χ3v) is 4.81. The van der Waals surface area contributed by atoms with Gasteiger partial charge in [0.1, 0.15) is 5.82 Å². The third-order valence-electron chi connectivity index (χ3n) is 4.81. The van der Waals surface area contributed by atoms with Crippen LogP contribution in [0.25, 0.3) is 0 Å². The van der Waals surface area contributed by atoms with Crippen LogP contribution in [0.5, 0.6) is 11.5 Å². The molecule has 0 saturated carbocycles. The quantitative estimate of drug-likeness (QED) is 0.876. The van der Waals surface area contributed by atoms with E-state index in [1.54, 1.807) is 23.1 Å². The van der Waals surface area contributed by atoms with Gasteiger partial charge < -0.3 is 19.7 Å². The molecule has 0 radical (unpaired) electrons. The van der Waals surface area contributed by atoms with Crippen LogP contribution in [0, 0.1) is 11.7 Å². The van der Waals surface area contributed by atoms with Gasteiger partial charge in [0.05, 0.1) is 5.92 Å². The van der Waals surface area contributed by atoms with Crippen molar-refractivity contribution in [3.63, 3.8) is 0 Å². The maximum atomic E-state index is 13.6. The van der Waals surface area contributed by atoms with Gasteiger partial charge in [0, 0.05) is 31.6 Å². The highest BCUT2D eigenvalue weighted by Crippen LogP contribution is 2.33. The van der Waals surface area contributed by atoms with E-state index in [4.69, 9.17) is 9.47 Å². The Hall–Kier alpha value is -3.09. The Morgan fingerprint density at radius 2 is 2.00 bits per heavy atom. The molecule has 2 aromatic carbocycles. The highest BCUT2D eigenvalue weighted by atomic mass is 19.1. The van der Waals surface area contributed by atoms with Crippen LogP contribution in [0.4, 0.5) is 4.39 Å². The van der Waals surface area contributed by atoms with Crippen molar-refractivity contribution in [2.75, 3.05) is 13.3 Å². The van der Waals surface area contributed by atoms with Crippen LogP contribution in [0.3, 0.4) is 0 Å². The van der Waals surface area contributed by atoms with Crippen molar-refractivity contribution < 1.29 is 23.5 Å². The molecule has 0 bridgehead atoms. The maximum absolute atomic E-state index is 13.6. The van der Waals surface area contributed by atoms with Crippen LogP contribution in [-0.2, 0) is 22.7 Å². The monoisotopic (exact) mass is 370 g/mol. The summed E-state index contributed by atoms with van der Waals surface area (Å²) < 4.78 is 24.3. The average molecular weight is 370 g/mol. The molecule has 2 amide bonds. The van der Waals surface area contributed by atoms with Gasteiger partial charge in [-0.05, 0) is 23.8 Å². The fourth-order valence-electron chi connectivity index (χ4n) is 3.33. The number of amides is 2. The van der Waals surface area contributed by atoms with E-state index in [-0.39, 0.29) is 37.4 Å². The number of nitrogens with zero attached hydrogens (tertiary/aromatic N) is 1. The molecule has 1 atom stereocenters. The van der Waals surface area contributed by atoms with Crippen LogP contribution in [0.15, 0.2) is 42.5 Å². The van der Waals surface area contributed by atoms with Crippen LogP contribution < -0.4 is 14.8 Å². The van der Waals surface area contributed by atoms with Gasteiger partial charge in [-0.1, -0.05) is 24.3 Å². The zero-order valence-corrected chi connectivity index (χ0v) is 14.6. The van der Waals surface area contributed by atoms with Gasteiger partial charge in [-0.3, -0.25) is 9.59 Å². The molecule has 2 aromatic rings. The van der Waals surface area contributed by atoms with Crippen molar-refractivity contribution >= 4 is 11.8 Å². The molecule has 0 aliphatic carbocycles. The second kappa shape index (κ2) is 7.26. The summed E-state index contributed by atoms with van der Waals surface area (Å²) in [6.07, 6.45) is 0.160. The summed E-state index contributed by atoms with van der Waals surface area (Å²) in [5.41, 5.74) is 1.34. The predicted octanol–water partition coefficient (Wildman–Crippen LogP) is 2.22. The van der Waals surface area contributed by atoms with E-state index >= 15 is 0 Å². The average Bonchev–Trinajstić information content (AvgIpc) is 3.27. The summed E-state index contributed by atoms with van der Waals surface area (Å²) >= 11 is 0. The molecule has 140 valence electrons. The van der Waals surface area contributed by atoms with Gasteiger partial charge in [-0.2, -0.15) is 0 Å². The van der Waals surface area contributed by atoms with Crippen LogP contribution in [0.1, 0.15) is 17.5 Å². The van der Waals surface area contributed by atoms with Gasteiger partial charge in [0.15, 0.2) is 11.5 Å². The summed E-state index contributed by atoms with van der Waals surface area (Å²) in [6, 6.07) is 11.8. The van der Waals surface area contributed by atoms with Crippen molar-refractivity contribution in [2.45, 2.75) is 19.5 Å². The maximum Gasteiger partial charge on any atom is 0.231 e. The summed E-state index contributed by atoms with van der Waals surface area (Å²) in [4.78, 5) is 26.3. The molecule has 2 aliphatic rings. The number of benzene rings is 2. The summed E-state index contributed by atoms with van der Waals surface area (Å²) in [7, 11) is 0. The minimum atomic E-state index is -0.432. The number of ether oxygens (including phenoxy) is 2. The Morgan fingerprint density at radius 1 is 1.19 bits per heavy atom. The molecule has 2 heterocycles. The van der Waals surface area contributed by atoms with E-state index in [2.05, 4.69) is 5.32 Å². The molecule has 1 saturated heterocycles. The number of hydrogen-bond acceptors (Lipinski definition) is 4. The van der Waals surface area contributed by atoms with Crippen molar-refractivity contribution in [3.05, 3.63) is 59.4 Å². The largest absolute Gasteiger partial charge is 0.454 e. The molecular formula is C20H19FN2O4. The molecule has 4 rings (SSSR count). The zero-order valence-electron chi connectivity index (χ0n) is 14.6. The number of rotatable bonds is 5. The normalized spacial score (nSPS) is 18.0. The summed E-state index contributed by atoms with van der Waals surface area (Å²) in [5, 5.41) is 2.73. The first-order valence-corrected chi connectivity index (χ1v) is 8.77. The van der Waals surface area contributed by atoms with E-state index in [9.17, 15) is 14.0 Å². The van der Waals surface area contributed by atoms with Gasteiger partial charge in [0.25, 0.3) is 0 Å². The van der Waals surface area contributed by atoms with Gasteiger partial charge >= 0.3 is 0 Å². The van der Waals surface area contributed by atoms with Crippen molar-refractivity contribution in [1.82, 2.24) is 10.2 Å². The standard InChI is InChI=1S/C20H19FN2O4/c21-16-4-2-1-3-14(16)9-22-20(25)15-8-19(24)23(11-15)10-13-5-6-17-18(7-13)27-12-26-17/h1-7,15H,8-12H2,(H,22,25). The van der Waals surface area contributed by atoms with Crippen LogP contribution in [0.2, 0.25) is 0 Å². The lowest BCUT2D eigenvalue weighted by Gasteiger charge is -2.17. The molecule has 27 heavy (non-hydrogen) atoms. The fraction of sp³-hybridized carbons (Fsp3) is 0.300. The lowest BCUT2D eigenvalue weighted by atomic mass is 10.1. The number of carbonyl (C=O) groups is 2. The SMILES string of the molecule is O=C(NCc1ccccc1F)C1CC(=O)N(Cc2ccc3c(c2)OCO3)C1. The van der Waals surface area contributed by atoms with Crippen molar-refractivity contribution in [3.8, 4) is 11.5 Å². The smallest absolute Gasteiger partial charge is 0.231 e. The molecular weight excluding hydrogens is 351 g/mol. The first-order valence-electron chi connectivity index (χ1n) is 8.77. The lowest BCUT2D eigenvalue weighted by molar-refractivity contribution is -0.129. The number of carbonyl (C=O) groups excluding carboxylic acids is 2. The Labute approximate surface area is 155 Å². The molecule has 6 nitrogen and oxygen atoms in total. The fourth-order valence-corrected chi connectivity index (χ4v) is 3.33. The van der Waals surface area contributed by atoms with E-state index in [0.29, 0.717) is 30.2 Å². The Bertz CT molecular complexity index is 886. The molecule has 1 unspecified atom stereocenters. The predicted molar refractivity (Wildman–Crippen MR) is 94.3 cm³/mol. The Morgan fingerprint density at radius 3 is 2.85 bits per heavy atom. The minimum absolute atomic E-state index is 0.0706. The summed E-state index contributed by atoms with van der Waals surface area (Å²) in [5.74, 6) is 0.261. The van der Waals surface area contributed by atoms with Crippen molar-refractivity contribution in [2.24, 2.45) is 5.92 Å². The molecule has 7 heteroatoms. The van der Waals surface area contributed by atoms with Gasteiger partial charge in [-0.15, -0.1) is 0 Å². The van der Waals surface area contributed by atoms with Crippen molar-refractivity contribution in [1.29, 1.82) is 0 Å². The number of nitrogens with one attached hydrogen (secondary N) is 1. The Balaban J connectivity index is 1.34. The molecule has 2 aliphatic heterocycles. The highest BCUT2D eigenvalue weighted by molar-refractivity contribution is 5.89. The molecule has 1 fully saturated rings. The minimum Gasteiger partial charge on any atom is -0.454 e. The lowest BCUT2D eigenvalue weighted by Crippen LogP contribution is -2.32. The second-order valence-electron chi connectivity index (χ2n) is 6.67. The van der Waals surface area contributed by atoms with Crippen LogP contribution >= 0.6 is 0 Å². The van der Waals surface area contributed by atoms with Gasteiger partial charge in [0.2, 0.25) is 18.6 Å². The number of fused-ring (bicyclic) bond motifs is 1. The number of hydrogen-bond donors (Lipinski definition) is 1. The Kier molecular flexibility index (Phi) is 4.66. The van der Waals surface area contributed by atoms with E-state index in [1.807, 2.05) is 18.2 Å². The van der Waals surface area contributed by atoms with Gasteiger partial charge in [-0.25, -0.2) is 4.39 Å². The molecule has 0 aromatic heterocycles. The van der Waals surface area contributed by atoms with Crippen LogP contribution in [-0.4, -0.2) is 30.1 Å². The highest BCUT2D eigenvalue weighted by Gasteiger charge is 2.34. The molecule has 0 spiro atoms. The first-order chi connectivity index (χ1) is 13.1. The third kappa shape index (κ3) is 3.72. The molecule has 1 N–H and O–H groups in total. The zero-order chi connectivity index (χ0) is 18.8. The summed E-state index contributed by atoms with van der Waals surface area (Å²) in [6.45, 7) is 1.06.